The smallest absolute Gasteiger partial charge is 0.329 e. The van der Waals surface area contributed by atoms with Crippen molar-refractivity contribution in [3.05, 3.63) is 42.2 Å². The van der Waals surface area contributed by atoms with E-state index in [1.54, 1.807) is 41.4 Å². The minimum Gasteiger partial charge on any atom is -0.366 e. The fourth-order valence-electron chi connectivity index (χ4n) is 4.23. The van der Waals surface area contributed by atoms with Gasteiger partial charge in [-0.05, 0) is 30.7 Å². The summed E-state index contributed by atoms with van der Waals surface area (Å²) in [4.78, 5) is 37.8. The lowest BCUT2D eigenvalue weighted by Gasteiger charge is -2.36. The number of rotatable bonds is 3. The van der Waals surface area contributed by atoms with E-state index in [0.29, 0.717) is 18.2 Å². The quantitative estimate of drug-likeness (QED) is 0.806. The van der Waals surface area contributed by atoms with Crippen LogP contribution in [0.25, 0.3) is 0 Å². The molecule has 30 heavy (non-hydrogen) atoms. The zero-order chi connectivity index (χ0) is 20.9. The number of nitrogens with zero attached hydrogens (tertiary/aromatic N) is 4. The van der Waals surface area contributed by atoms with Crippen LogP contribution in [-0.4, -0.2) is 53.0 Å². The fraction of sp³-hybridized carbons (Fsp3) is 0.400. The molecular formula is C20H20F2N6O2. The third kappa shape index (κ3) is 3.31. The molecule has 1 saturated heterocycles. The monoisotopic (exact) mass is 414 g/mol. The highest BCUT2D eigenvalue weighted by molar-refractivity contribution is 6.05. The molecule has 10 heteroatoms. The zero-order valence-corrected chi connectivity index (χ0v) is 16.0. The average Bonchev–Trinajstić information content (AvgIpc) is 3.11. The van der Waals surface area contributed by atoms with E-state index in [2.05, 4.69) is 25.5 Å². The molecule has 3 amide bonds. The Bertz CT molecular complexity index is 994. The first-order valence-electron chi connectivity index (χ1n) is 9.85. The predicted molar refractivity (Wildman–Crippen MR) is 106 cm³/mol. The van der Waals surface area contributed by atoms with Crippen molar-refractivity contribution >= 4 is 29.3 Å². The lowest BCUT2D eigenvalue weighted by molar-refractivity contribution is -0.0901. The van der Waals surface area contributed by atoms with Gasteiger partial charge in [0.25, 0.3) is 11.8 Å². The van der Waals surface area contributed by atoms with Gasteiger partial charge >= 0.3 is 6.03 Å². The Kier molecular flexibility index (Phi) is 4.30. The lowest BCUT2D eigenvalue weighted by Crippen LogP contribution is -2.51. The van der Waals surface area contributed by atoms with Crippen LogP contribution in [0.15, 0.2) is 36.5 Å². The van der Waals surface area contributed by atoms with Gasteiger partial charge in [-0.2, -0.15) is 0 Å². The Morgan fingerprint density at radius 1 is 1.17 bits per heavy atom. The molecule has 2 aromatic heterocycles. The molecule has 0 radical (unpaired) electrons. The molecule has 156 valence electrons. The van der Waals surface area contributed by atoms with Crippen molar-refractivity contribution in [2.75, 3.05) is 28.2 Å². The largest absolute Gasteiger partial charge is 0.366 e. The summed E-state index contributed by atoms with van der Waals surface area (Å²) in [6, 6.07) is 7.54. The van der Waals surface area contributed by atoms with Crippen LogP contribution in [0.1, 0.15) is 29.8 Å². The van der Waals surface area contributed by atoms with Gasteiger partial charge in [0.15, 0.2) is 5.82 Å². The van der Waals surface area contributed by atoms with E-state index in [4.69, 9.17) is 0 Å². The van der Waals surface area contributed by atoms with Gasteiger partial charge in [-0.15, -0.1) is 0 Å². The molecule has 2 aliphatic heterocycles. The van der Waals surface area contributed by atoms with E-state index in [1.807, 2.05) is 0 Å². The summed E-state index contributed by atoms with van der Waals surface area (Å²) >= 11 is 0. The molecule has 2 fully saturated rings. The molecule has 4 heterocycles. The van der Waals surface area contributed by atoms with Crippen LogP contribution >= 0.6 is 0 Å². The predicted octanol–water partition coefficient (Wildman–Crippen LogP) is 2.63. The van der Waals surface area contributed by atoms with Crippen LogP contribution < -0.4 is 20.4 Å². The highest BCUT2D eigenvalue weighted by Crippen LogP contribution is 2.40. The summed E-state index contributed by atoms with van der Waals surface area (Å²) in [6.07, 6.45) is 1.64. The Labute approximate surface area is 171 Å². The molecule has 1 unspecified atom stereocenters. The Hall–Kier alpha value is -3.30. The average molecular weight is 414 g/mol. The van der Waals surface area contributed by atoms with E-state index in [-0.39, 0.29) is 30.6 Å². The van der Waals surface area contributed by atoms with Gasteiger partial charge in [0, 0.05) is 38.2 Å². The van der Waals surface area contributed by atoms with Gasteiger partial charge in [-0.1, -0.05) is 6.07 Å². The first-order valence-corrected chi connectivity index (χ1v) is 9.85. The lowest BCUT2D eigenvalue weighted by atomic mass is 9.88. The number of hydrogen-bond donors (Lipinski definition) is 2. The summed E-state index contributed by atoms with van der Waals surface area (Å²) in [5.41, 5.74) is 0.869. The number of pyridine rings is 2. The van der Waals surface area contributed by atoms with E-state index in [0.717, 1.165) is 18.7 Å². The van der Waals surface area contributed by atoms with E-state index >= 15 is 0 Å². The normalized spacial score (nSPS) is 21.6. The van der Waals surface area contributed by atoms with Gasteiger partial charge < -0.3 is 10.2 Å². The van der Waals surface area contributed by atoms with E-state index in [9.17, 15) is 18.4 Å². The maximum absolute atomic E-state index is 13.0. The summed E-state index contributed by atoms with van der Waals surface area (Å²) in [7, 11) is 0. The number of aromatic nitrogens is 2. The SMILES string of the molecule is O=C(NC1CC(F)(F)C1)c1ccc2c(n1)N(C(=O)Nc1ccccn1)C1CCN2C1. The molecular weight excluding hydrogens is 394 g/mol. The molecule has 0 aromatic carbocycles. The molecule has 2 aromatic rings. The number of fused-ring (bicyclic) bond motifs is 4. The first kappa shape index (κ1) is 18.7. The molecule has 2 bridgehead atoms. The van der Waals surface area contributed by atoms with Crippen molar-refractivity contribution in [3.63, 3.8) is 0 Å². The first-order chi connectivity index (χ1) is 14.4. The van der Waals surface area contributed by atoms with Crippen LogP contribution in [0, 0.1) is 0 Å². The van der Waals surface area contributed by atoms with Crippen molar-refractivity contribution in [3.8, 4) is 0 Å². The molecule has 1 aliphatic carbocycles. The molecule has 5 rings (SSSR count). The van der Waals surface area contributed by atoms with Gasteiger partial charge in [0.1, 0.15) is 11.5 Å². The summed E-state index contributed by atoms with van der Waals surface area (Å²) in [5.74, 6) is -2.42. The number of carbonyl (C=O) groups is 2. The molecule has 0 spiro atoms. The van der Waals surface area contributed by atoms with Crippen molar-refractivity contribution in [1.29, 1.82) is 0 Å². The van der Waals surface area contributed by atoms with Crippen molar-refractivity contribution in [1.82, 2.24) is 15.3 Å². The second kappa shape index (κ2) is 6.89. The number of carbonyl (C=O) groups excluding carboxylic acids is 2. The number of halogens is 2. The van der Waals surface area contributed by atoms with Gasteiger partial charge in [-0.25, -0.2) is 23.5 Å². The number of alkyl halides is 2. The Morgan fingerprint density at radius 2 is 2.00 bits per heavy atom. The van der Waals surface area contributed by atoms with E-state index < -0.39 is 17.9 Å². The van der Waals surface area contributed by atoms with Crippen LogP contribution in [0.2, 0.25) is 0 Å². The van der Waals surface area contributed by atoms with Gasteiger partial charge in [0.2, 0.25) is 0 Å². The maximum atomic E-state index is 13.0. The number of anilines is 3. The summed E-state index contributed by atoms with van der Waals surface area (Å²) in [5, 5.41) is 5.37. The Balaban J connectivity index is 1.40. The standard InChI is InChI=1S/C20H20F2N6O2/c21-20(22)9-12(10-20)24-18(29)14-4-5-15-17(25-14)28(13-6-8-27(15)11-13)19(30)26-16-3-1-2-7-23-16/h1-5,7,12-13H,6,8-11H2,(H,24,29)(H,23,26,30). The highest BCUT2D eigenvalue weighted by Gasteiger charge is 2.46. The zero-order valence-electron chi connectivity index (χ0n) is 16.0. The number of nitrogens with one attached hydrogen (secondary N) is 2. The molecule has 3 aliphatic rings. The van der Waals surface area contributed by atoms with Crippen molar-refractivity contribution < 1.29 is 18.4 Å². The minimum atomic E-state index is -2.71. The van der Waals surface area contributed by atoms with Crippen LogP contribution in [-0.2, 0) is 0 Å². The number of urea groups is 1. The van der Waals surface area contributed by atoms with Crippen LogP contribution in [0.5, 0.6) is 0 Å². The molecule has 1 saturated carbocycles. The van der Waals surface area contributed by atoms with Crippen LogP contribution in [0.4, 0.5) is 30.9 Å². The van der Waals surface area contributed by atoms with Crippen LogP contribution in [0.3, 0.4) is 0 Å². The van der Waals surface area contributed by atoms with Gasteiger partial charge in [-0.3, -0.25) is 15.0 Å². The second-order valence-corrected chi connectivity index (χ2v) is 7.88. The maximum Gasteiger partial charge on any atom is 0.329 e. The Morgan fingerprint density at radius 3 is 2.73 bits per heavy atom. The second-order valence-electron chi connectivity index (χ2n) is 7.88. The summed E-state index contributed by atoms with van der Waals surface area (Å²) in [6.45, 7) is 1.47. The molecule has 2 N–H and O–H groups in total. The minimum absolute atomic E-state index is 0.0719. The van der Waals surface area contributed by atoms with E-state index in [1.165, 1.54) is 0 Å². The number of amides is 3. The summed E-state index contributed by atoms with van der Waals surface area (Å²) < 4.78 is 26.1. The third-order valence-electron chi connectivity index (χ3n) is 5.73. The third-order valence-corrected chi connectivity index (χ3v) is 5.73. The highest BCUT2D eigenvalue weighted by atomic mass is 19.3. The van der Waals surface area contributed by atoms with Crippen molar-refractivity contribution in [2.45, 2.75) is 37.3 Å². The number of hydrogen-bond acceptors (Lipinski definition) is 5. The topological polar surface area (TPSA) is 90.5 Å². The fourth-order valence-corrected chi connectivity index (χ4v) is 4.23. The molecule has 1 atom stereocenters. The van der Waals surface area contributed by atoms with Crippen molar-refractivity contribution in [2.24, 2.45) is 0 Å². The molecule has 8 nitrogen and oxygen atoms in total. The van der Waals surface area contributed by atoms with Gasteiger partial charge in [0.05, 0.1) is 11.7 Å².